The molecule has 1 aliphatic heterocycles. The molecule has 2 rings (SSSR count). The highest BCUT2D eigenvalue weighted by Gasteiger charge is 2.33. The molecule has 0 atom stereocenters. The summed E-state index contributed by atoms with van der Waals surface area (Å²) in [6, 6.07) is 5.01. The fourth-order valence-electron chi connectivity index (χ4n) is 2.43. The van der Waals surface area contributed by atoms with Crippen LogP contribution >= 0.6 is 0 Å². The van der Waals surface area contributed by atoms with E-state index in [1.165, 1.54) is 13.2 Å². The molecule has 0 saturated carbocycles. The van der Waals surface area contributed by atoms with Crippen LogP contribution in [0.25, 0.3) is 0 Å². The lowest BCUT2D eigenvalue weighted by Crippen LogP contribution is -2.58. The van der Waals surface area contributed by atoms with E-state index in [1.807, 2.05) is 0 Å². The molecule has 0 unspecified atom stereocenters. The molecule has 0 bridgehead atoms. The molecule has 0 amide bonds. The monoisotopic (exact) mass is 265 g/mol. The van der Waals surface area contributed by atoms with Crippen molar-refractivity contribution >= 4 is 11.4 Å². The van der Waals surface area contributed by atoms with Gasteiger partial charge < -0.3 is 15.0 Å². The number of nitrogens with one attached hydrogen (secondary N) is 1. The molecular weight excluding hydrogens is 246 g/mol. The predicted molar refractivity (Wildman–Crippen MR) is 73.9 cm³/mol. The second-order valence-corrected chi connectivity index (χ2v) is 5.25. The van der Waals surface area contributed by atoms with Crippen molar-refractivity contribution in [1.29, 1.82) is 0 Å². The quantitative estimate of drug-likeness (QED) is 0.666. The first-order chi connectivity index (χ1) is 8.95. The normalized spacial score (nSPS) is 18.2. The number of methoxy groups -OCH3 is 1. The predicted octanol–water partition coefficient (Wildman–Crippen LogP) is 1.79. The molecule has 19 heavy (non-hydrogen) atoms. The molecule has 1 aromatic carbocycles. The molecule has 1 aliphatic rings. The van der Waals surface area contributed by atoms with Crippen LogP contribution in [0, 0.1) is 10.1 Å². The minimum absolute atomic E-state index is 0.0920. The molecule has 6 nitrogen and oxygen atoms in total. The van der Waals surface area contributed by atoms with Crippen molar-refractivity contribution < 1.29 is 9.66 Å². The van der Waals surface area contributed by atoms with Crippen LogP contribution in [0.4, 0.5) is 11.4 Å². The molecule has 1 aromatic rings. The Morgan fingerprint density at radius 2 is 2.21 bits per heavy atom. The summed E-state index contributed by atoms with van der Waals surface area (Å²) in [6.07, 6.45) is 0. The van der Waals surface area contributed by atoms with E-state index in [9.17, 15) is 10.1 Å². The number of hydrogen-bond donors (Lipinski definition) is 1. The van der Waals surface area contributed by atoms with E-state index in [4.69, 9.17) is 4.74 Å². The highest BCUT2D eigenvalue weighted by Crippen LogP contribution is 2.36. The number of anilines is 1. The number of nitrogens with zero attached hydrogens (tertiary/aromatic N) is 2. The van der Waals surface area contributed by atoms with Gasteiger partial charge in [-0.25, -0.2) is 0 Å². The van der Waals surface area contributed by atoms with Gasteiger partial charge in [-0.3, -0.25) is 10.1 Å². The summed E-state index contributed by atoms with van der Waals surface area (Å²) in [5.74, 6) is 0.503. The molecule has 0 aliphatic carbocycles. The maximum absolute atomic E-state index is 11.3. The van der Waals surface area contributed by atoms with Gasteiger partial charge in [0.25, 0.3) is 5.69 Å². The zero-order valence-corrected chi connectivity index (χ0v) is 11.5. The molecule has 1 fully saturated rings. The van der Waals surface area contributed by atoms with Crippen molar-refractivity contribution in [2.24, 2.45) is 0 Å². The zero-order valence-electron chi connectivity index (χ0n) is 11.5. The third-order valence-corrected chi connectivity index (χ3v) is 3.47. The van der Waals surface area contributed by atoms with E-state index in [1.54, 1.807) is 12.1 Å². The van der Waals surface area contributed by atoms with Crippen molar-refractivity contribution in [3.05, 3.63) is 28.3 Å². The van der Waals surface area contributed by atoms with Gasteiger partial charge in [0.05, 0.1) is 18.1 Å². The van der Waals surface area contributed by atoms with Crippen LogP contribution < -0.4 is 15.0 Å². The van der Waals surface area contributed by atoms with E-state index in [0.29, 0.717) is 11.4 Å². The van der Waals surface area contributed by atoms with E-state index >= 15 is 0 Å². The van der Waals surface area contributed by atoms with Crippen LogP contribution in [-0.4, -0.2) is 37.2 Å². The summed E-state index contributed by atoms with van der Waals surface area (Å²) in [6.45, 7) is 6.53. The summed E-state index contributed by atoms with van der Waals surface area (Å²) in [5.41, 5.74) is 0.587. The van der Waals surface area contributed by atoms with Gasteiger partial charge in [0.15, 0.2) is 0 Å². The standard InChI is InChI=1S/C13H19N3O3/c1-13(2)9-14-6-7-15(13)11-5-4-10(19-3)8-12(11)16(17)18/h4-5,8,14H,6-7,9H2,1-3H3. The lowest BCUT2D eigenvalue weighted by molar-refractivity contribution is -0.384. The van der Waals surface area contributed by atoms with E-state index < -0.39 is 0 Å². The summed E-state index contributed by atoms with van der Waals surface area (Å²) >= 11 is 0. The van der Waals surface area contributed by atoms with Gasteiger partial charge in [-0.05, 0) is 26.0 Å². The Kier molecular flexibility index (Phi) is 3.61. The Hall–Kier alpha value is -1.82. The molecular formula is C13H19N3O3. The Morgan fingerprint density at radius 3 is 2.79 bits per heavy atom. The molecule has 104 valence electrons. The van der Waals surface area contributed by atoms with Crippen LogP contribution in [0.3, 0.4) is 0 Å². The summed E-state index contributed by atoms with van der Waals surface area (Å²) in [5, 5.41) is 14.6. The van der Waals surface area contributed by atoms with E-state index in [0.717, 1.165) is 19.6 Å². The number of rotatable bonds is 3. The second-order valence-electron chi connectivity index (χ2n) is 5.25. The van der Waals surface area contributed by atoms with Gasteiger partial charge in [0.1, 0.15) is 11.4 Å². The third-order valence-electron chi connectivity index (χ3n) is 3.47. The lowest BCUT2D eigenvalue weighted by Gasteiger charge is -2.44. The zero-order chi connectivity index (χ0) is 14.0. The summed E-state index contributed by atoms with van der Waals surface area (Å²) in [7, 11) is 1.51. The highest BCUT2D eigenvalue weighted by atomic mass is 16.6. The molecule has 1 N–H and O–H groups in total. The van der Waals surface area contributed by atoms with Crippen molar-refractivity contribution in [1.82, 2.24) is 5.32 Å². The first kappa shape index (κ1) is 13.6. The van der Waals surface area contributed by atoms with Crippen LogP contribution in [-0.2, 0) is 0 Å². The maximum atomic E-state index is 11.3. The SMILES string of the molecule is COc1ccc(N2CCNCC2(C)C)c([N+](=O)[O-])c1. The molecule has 6 heteroatoms. The van der Waals surface area contributed by atoms with Crippen LogP contribution in [0.1, 0.15) is 13.8 Å². The van der Waals surface area contributed by atoms with Gasteiger partial charge >= 0.3 is 0 Å². The number of piperazine rings is 1. The summed E-state index contributed by atoms with van der Waals surface area (Å²) < 4.78 is 5.06. The Morgan fingerprint density at radius 1 is 1.47 bits per heavy atom. The Labute approximate surface area is 112 Å². The molecule has 1 heterocycles. The number of nitro benzene ring substituents is 1. The van der Waals surface area contributed by atoms with Gasteiger partial charge in [-0.15, -0.1) is 0 Å². The van der Waals surface area contributed by atoms with Crippen LogP contribution in [0.2, 0.25) is 0 Å². The van der Waals surface area contributed by atoms with E-state index in [-0.39, 0.29) is 16.1 Å². The van der Waals surface area contributed by atoms with Crippen molar-refractivity contribution in [2.45, 2.75) is 19.4 Å². The average Bonchev–Trinajstić information content (AvgIpc) is 2.37. The highest BCUT2D eigenvalue weighted by molar-refractivity contribution is 5.67. The molecule has 0 radical (unpaired) electrons. The molecule has 0 spiro atoms. The number of hydrogen-bond acceptors (Lipinski definition) is 5. The second kappa shape index (κ2) is 5.05. The minimum atomic E-state index is -0.351. The summed E-state index contributed by atoms with van der Waals surface area (Å²) in [4.78, 5) is 13.0. The Bertz CT molecular complexity index is 488. The van der Waals surface area contributed by atoms with Crippen LogP contribution in [0.15, 0.2) is 18.2 Å². The van der Waals surface area contributed by atoms with E-state index in [2.05, 4.69) is 24.1 Å². The smallest absolute Gasteiger partial charge is 0.296 e. The number of benzene rings is 1. The lowest BCUT2D eigenvalue weighted by atomic mass is 9.98. The first-order valence-corrected chi connectivity index (χ1v) is 6.26. The minimum Gasteiger partial charge on any atom is -0.496 e. The maximum Gasteiger partial charge on any atom is 0.296 e. The van der Waals surface area contributed by atoms with Crippen molar-refractivity contribution in [2.75, 3.05) is 31.6 Å². The largest absolute Gasteiger partial charge is 0.496 e. The fraction of sp³-hybridized carbons (Fsp3) is 0.538. The fourth-order valence-corrected chi connectivity index (χ4v) is 2.43. The van der Waals surface area contributed by atoms with Gasteiger partial charge in [-0.2, -0.15) is 0 Å². The van der Waals surface area contributed by atoms with Crippen LogP contribution in [0.5, 0.6) is 5.75 Å². The van der Waals surface area contributed by atoms with Crippen molar-refractivity contribution in [3.8, 4) is 5.75 Å². The van der Waals surface area contributed by atoms with Gasteiger partial charge in [0, 0.05) is 25.2 Å². The Balaban J connectivity index is 2.46. The topological polar surface area (TPSA) is 67.6 Å². The van der Waals surface area contributed by atoms with Gasteiger partial charge in [0.2, 0.25) is 0 Å². The number of ether oxygens (including phenoxy) is 1. The van der Waals surface area contributed by atoms with Gasteiger partial charge in [-0.1, -0.05) is 0 Å². The molecule has 0 aromatic heterocycles. The average molecular weight is 265 g/mol. The van der Waals surface area contributed by atoms with Crippen molar-refractivity contribution in [3.63, 3.8) is 0 Å². The third kappa shape index (κ3) is 2.63. The number of nitro groups is 1. The first-order valence-electron chi connectivity index (χ1n) is 6.26. The molecule has 1 saturated heterocycles.